The molecule has 0 bridgehead atoms. The lowest BCUT2D eigenvalue weighted by atomic mass is 9.61. The van der Waals surface area contributed by atoms with Crippen molar-refractivity contribution in [3.63, 3.8) is 0 Å². The monoisotopic (exact) mass is 1120 g/mol. The van der Waals surface area contributed by atoms with E-state index in [1.165, 1.54) is 4.90 Å². The summed E-state index contributed by atoms with van der Waals surface area (Å²) < 4.78 is 3.66. The van der Waals surface area contributed by atoms with Crippen LogP contribution in [0.4, 0.5) is 0 Å². The summed E-state index contributed by atoms with van der Waals surface area (Å²) >= 11 is 0. The number of nitrogens with one attached hydrogen (secondary N) is 2. The van der Waals surface area contributed by atoms with Crippen LogP contribution in [0.2, 0.25) is 0 Å². The number of amides is 2. The fourth-order valence-corrected chi connectivity index (χ4v) is 13.5. The van der Waals surface area contributed by atoms with Gasteiger partial charge in [0.25, 0.3) is 11.8 Å². The minimum atomic E-state index is -0.995. The Morgan fingerprint density at radius 2 is 0.869 bits per heavy atom. The van der Waals surface area contributed by atoms with E-state index in [1.54, 1.807) is 31.2 Å². The number of nitrogens with two attached hydrogens (primary N) is 1. The fourth-order valence-electron chi connectivity index (χ4n) is 13.5. The maximum absolute atomic E-state index is 13.6. The number of hydrogen-bond acceptors (Lipinski definition) is 13. The van der Waals surface area contributed by atoms with Crippen molar-refractivity contribution in [1.82, 2.24) is 44.1 Å². The first-order valence-corrected chi connectivity index (χ1v) is 27.4. The number of hydrogen-bond donors (Lipinski definition) is 5. The standard InChI is InChI=1S/C37H31N5O3.C29H29N5O.2CH4.H2N2.H2/c1-21-18-29-38-23(3)30-22(2)31(24-10-6-5-7-11-24)32(39-33(30)42(29)40-21)25-14-16-26(17-15-25)37(19-36(4,45)20-37)41-34(43)27-12-8-9-13-28(27)35(41)44;1-17-14-23-31-19(3)24-18(2)25(20-8-6-5-7-9-20)26(32-27(24)34(23)33-17)21-10-12-22(13-11-21)29(30)15-28(4,35)16-29;;;1-2;/h5-18,45H,19-20H2,1-4H3;5-14,35H,15-16,30H2,1-4H3;2*1H4;1-2H;1H. The molecule has 428 valence electrons. The first-order valence-electron chi connectivity index (χ1n) is 27.4. The first kappa shape index (κ1) is 58.0. The predicted octanol–water partition coefficient (Wildman–Crippen LogP) is 13.9. The number of pyridine rings is 2. The molecular formula is C68H72N12O4. The SMILES string of the molecule is C.C.Cc1cc2nc(C)c3c(C)c(-c4ccccc4)c(-c4ccc(C5(N)CC(C)(O)C5)cc4)nc3n2n1.Cc1cc2nc(C)c3c(C)c(-c4ccccc4)c(-c4ccc(C5(N6C(=O)c7ccccc7C6=O)CC(C)(O)C5)cc4)nc3n2n1.N=N.[HH]. The molecule has 16 nitrogen and oxygen atoms in total. The number of nitrogens with zero attached hydrogens (tertiary/aromatic N) is 9. The highest BCUT2D eigenvalue weighted by Gasteiger charge is 2.61. The topological polar surface area (TPSA) is 238 Å². The van der Waals surface area contributed by atoms with Crippen molar-refractivity contribution in [2.45, 2.75) is 118 Å². The van der Waals surface area contributed by atoms with Gasteiger partial charge >= 0.3 is 0 Å². The van der Waals surface area contributed by atoms with Crippen LogP contribution < -0.4 is 5.73 Å². The van der Waals surface area contributed by atoms with Crippen LogP contribution in [0.15, 0.2) is 146 Å². The molecule has 6 N–H and O–H groups in total. The molecule has 14 rings (SSSR count). The van der Waals surface area contributed by atoms with Gasteiger partial charge in [-0.25, -0.2) is 31.0 Å². The molecule has 7 heterocycles. The Kier molecular flexibility index (Phi) is 14.6. The van der Waals surface area contributed by atoms with Crippen LogP contribution in [0.1, 0.15) is 122 Å². The van der Waals surface area contributed by atoms with Gasteiger partial charge in [-0.1, -0.05) is 136 Å². The zero-order valence-corrected chi connectivity index (χ0v) is 47.0. The van der Waals surface area contributed by atoms with E-state index in [1.807, 2.05) is 104 Å². The summed E-state index contributed by atoms with van der Waals surface area (Å²) in [4.78, 5) is 48.7. The van der Waals surface area contributed by atoms with Gasteiger partial charge in [-0.2, -0.15) is 19.2 Å². The average Bonchev–Trinajstić information content (AvgIpc) is 1.83. The Morgan fingerprint density at radius 1 is 0.500 bits per heavy atom. The van der Waals surface area contributed by atoms with E-state index in [-0.39, 0.29) is 40.9 Å². The number of carbonyl (C=O) groups is 2. The van der Waals surface area contributed by atoms with E-state index in [0.29, 0.717) is 24.0 Å². The zero-order chi connectivity index (χ0) is 57.8. The number of carbonyl (C=O) groups excluding carboxylic acids is 2. The highest BCUT2D eigenvalue weighted by molar-refractivity contribution is 6.22. The Bertz CT molecular complexity index is 4360. The van der Waals surface area contributed by atoms with E-state index in [0.717, 1.165) is 123 Å². The van der Waals surface area contributed by atoms with Gasteiger partial charge in [0, 0.05) is 65.0 Å². The van der Waals surface area contributed by atoms with Crippen LogP contribution in [0.3, 0.4) is 0 Å². The third-order valence-electron chi connectivity index (χ3n) is 16.7. The highest BCUT2D eigenvalue weighted by Crippen LogP contribution is 2.55. The molecule has 2 saturated carbocycles. The summed E-state index contributed by atoms with van der Waals surface area (Å²) in [6.07, 6.45) is 1.64. The van der Waals surface area contributed by atoms with Gasteiger partial charge in [0.15, 0.2) is 22.6 Å². The van der Waals surface area contributed by atoms with Crippen molar-refractivity contribution >= 4 is 45.2 Å². The maximum Gasteiger partial charge on any atom is 0.262 e. The molecule has 2 fully saturated rings. The van der Waals surface area contributed by atoms with Crippen LogP contribution in [0.5, 0.6) is 0 Å². The van der Waals surface area contributed by atoms with Crippen LogP contribution >= 0.6 is 0 Å². The largest absolute Gasteiger partial charge is 0.390 e. The lowest BCUT2D eigenvalue weighted by Gasteiger charge is -2.55. The summed E-state index contributed by atoms with van der Waals surface area (Å²) in [7, 11) is 0. The molecule has 84 heavy (non-hydrogen) atoms. The average molecular weight is 1120 g/mol. The van der Waals surface area contributed by atoms with Gasteiger partial charge in [-0.15, -0.1) is 0 Å². The molecule has 5 aromatic carbocycles. The van der Waals surface area contributed by atoms with Gasteiger partial charge in [-0.3, -0.25) is 14.5 Å². The lowest BCUT2D eigenvalue weighted by Crippen LogP contribution is -2.63. The second-order valence-corrected chi connectivity index (χ2v) is 23.1. The van der Waals surface area contributed by atoms with Crippen molar-refractivity contribution < 1.29 is 21.2 Å². The minimum absolute atomic E-state index is 0. The maximum atomic E-state index is 13.6. The molecular weight excluding hydrogens is 1050 g/mol. The Labute approximate surface area is 489 Å². The van der Waals surface area contributed by atoms with Crippen LogP contribution in [-0.2, 0) is 11.1 Å². The number of rotatable bonds is 7. The van der Waals surface area contributed by atoms with Crippen molar-refractivity contribution in [2.75, 3.05) is 0 Å². The number of fused-ring (bicyclic) bond motifs is 7. The molecule has 0 atom stereocenters. The third-order valence-corrected chi connectivity index (χ3v) is 16.7. The summed E-state index contributed by atoms with van der Waals surface area (Å²) in [5.41, 5.74) is 32.8. The number of aryl methyl sites for hydroxylation is 6. The van der Waals surface area contributed by atoms with Crippen molar-refractivity contribution in [3.05, 3.63) is 202 Å². The van der Waals surface area contributed by atoms with Crippen LogP contribution in [-0.4, -0.2) is 77.3 Å². The molecule has 16 heteroatoms. The fraction of sp³-hybridized carbons (Fsp3) is 0.265. The normalized spacial score (nSPS) is 20.5. The van der Waals surface area contributed by atoms with E-state index >= 15 is 0 Å². The van der Waals surface area contributed by atoms with Gasteiger partial charge in [0.1, 0.15) is 0 Å². The molecule has 6 aromatic heterocycles. The second-order valence-electron chi connectivity index (χ2n) is 23.1. The zero-order valence-electron chi connectivity index (χ0n) is 47.0. The quantitative estimate of drug-likeness (QED) is 0.0743. The van der Waals surface area contributed by atoms with Crippen LogP contribution in [0, 0.1) is 52.6 Å². The number of aromatic nitrogens is 8. The van der Waals surface area contributed by atoms with Gasteiger partial charge in [-0.05, 0) is 114 Å². The molecule has 2 aliphatic carbocycles. The Balaban J connectivity index is 0.000000196. The second kappa shape index (κ2) is 21.2. The summed E-state index contributed by atoms with van der Waals surface area (Å²) in [5, 5.41) is 32.6. The number of imide groups is 1. The van der Waals surface area contributed by atoms with E-state index < -0.39 is 22.3 Å². The van der Waals surface area contributed by atoms with E-state index in [2.05, 4.69) is 74.5 Å². The molecule has 0 saturated heterocycles. The summed E-state index contributed by atoms with van der Waals surface area (Å²) in [6.45, 7) is 15.8. The third kappa shape index (κ3) is 9.40. The van der Waals surface area contributed by atoms with Gasteiger partial charge in [0.2, 0.25) is 0 Å². The van der Waals surface area contributed by atoms with Crippen molar-refractivity contribution in [3.8, 4) is 44.8 Å². The molecule has 0 radical (unpaired) electrons. The van der Waals surface area contributed by atoms with Gasteiger partial charge < -0.3 is 15.9 Å². The van der Waals surface area contributed by atoms with E-state index in [9.17, 15) is 19.8 Å². The minimum Gasteiger partial charge on any atom is -0.390 e. The lowest BCUT2D eigenvalue weighted by molar-refractivity contribution is -0.118. The first-order chi connectivity index (χ1) is 39.2. The Morgan fingerprint density at radius 3 is 1.25 bits per heavy atom. The van der Waals surface area contributed by atoms with Gasteiger partial charge in [0.05, 0.1) is 62.0 Å². The smallest absolute Gasteiger partial charge is 0.262 e. The van der Waals surface area contributed by atoms with Crippen molar-refractivity contribution in [2.24, 2.45) is 5.73 Å². The molecule has 3 aliphatic rings. The predicted molar refractivity (Wildman–Crippen MR) is 332 cm³/mol. The summed E-state index contributed by atoms with van der Waals surface area (Å²) in [6, 6.07) is 47.7. The molecule has 11 aromatic rings. The number of aliphatic hydroxyl groups is 2. The van der Waals surface area contributed by atoms with Crippen LogP contribution in [0.25, 0.3) is 78.1 Å². The van der Waals surface area contributed by atoms with Crippen molar-refractivity contribution in [1.29, 1.82) is 11.1 Å². The Hall–Kier alpha value is -9.22. The number of benzene rings is 5. The highest BCUT2D eigenvalue weighted by atomic mass is 16.3. The molecule has 1 aliphatic heterocycles. The molecule has 0 unspecified atom stereocenters. The molecule has 0 spiro atoms. The van der Waals surface area contributed by atoms with E-state index in [4.69, 9.17) is 46.9 Å². The molecule has 2 amide bonds. The summed E-state index contributed by atoms with van der Waals surface area (Å²) in [5.74, 6) is -0.647.